The number of carbonyl (C=O) groups is 1. The van der Waals surface area contributed by atoms with Crippen LogP contribution >= 0.6 is 0 Å². The Morgan fingerprint density at radius 1 is 1.39 bits per heavy atom. The molecule has 3 rings (SSSR count). The van der Waals surface area contributed by atoms with E-state index in [1.807, 2.05) is 24.0 Å². The van der Waals surface area contributed by atoms with Gasteiger partial charge in [0.25, 0.3) is 5.91 Å². The second-order valence-electron chi connectivity index (χ2n) is 5.85. The van der Waals surface area contributed by atoms with Crippen molar-refractivity contribution in [1.29, 1.82) is 0 Å². The lowest BCUT2D eigenvalue weighted by Gasteiger charge is -2.23. The molecule has 1 aliphatic rings. The quantitative estimate of drug-likeness (QED) is 0.859. The van der Waals surface area contributed by atoms with Crippen LogP contribution in [0.2, 0.25) is 0 Å². The summed E-state index contributed by atoms with van der Waals surface area (Å²) in [4.78, 5) is 26.9. The Morgan fingerprint density at radius 3 is 3.09 bits per heavy atom. The summed E-state index contributed by atoms with van der Waals surface area (Å²) in [5, 5.41) is 0. The fourth-order valence-electron chi connectivity index (χ4n) is 2.78. The van der Waals surface area contributed by atoms with Crippen LogP contribution < -0.4 is 0 Å². The normalized spacial score (nSPS) is 18.5. The minimum atomic E-state index is 0.0133. The van der Waals surface area contributed by atoms with Gasteiger partial charge in [-0.25, -0.2) is 9.97 Å². The van der Waals surface area contributed by atoms with Crippen LogP contribution in [0.25, 0.3) is 0 Å². The molecule has 23 heavy (non-hydrogen) atoms. The molecule has 1 saturated heterocycles. The number of amides is 1. The number of aryl methyl sites for hydroxylation is 1. The van der Waals surface area contributed by atoms with Crippen molar-refractivity contribution in [2.45, 2.75) is 13.3 Å². The Hall–Kier alpha value is -2.34. The van der Waals surface area contributed by atoms with Gasteiger partial charge in [0, 0.05) is 43.3 Å². The van der Waals surface area contributed by atoms with Gasteiger partial charge in [-0.15, -0.1) is 0 Å². The summed E-state index contributed by atoms with van der Waals surface area (Å²) in [7, 11) is 0. The lowest BCUT2D eigenvalue weighted by Crippen LogP contribution is -2.36. The van der Waals surface area contributed by atoms with E-state index in [4.69, 9.17) is 4.74 Å². The van der Waals surface area contributed by atoms with Gasteiger partial charge in [-0.1, -0.05) is 0 Å². The van der Waals surface area contributed by atoms with Gasteiger partial charge in [0.05, 0.1) is 18.8 Å². The molecule has 120 valence electrons. The highest BCUT2D eigenvalue weighted by Crippen LogP contribution is 2.15. The largest absolute Gasteiger partial charge is 0.379 e. The van der Waals surface area contributed by atoms with Gasteiger partial charge >= 0.3 is 0 Å². The van der Waals surface area contributed by atoms with Crippen molar-refractivity contribution < 1.29 is 9.53 Å². The van der Waals surface area contributed by atoms with Gasteiger partial charge in [0.2, 0.25) is 0 Å². The average Bonchev–Trinajstić information content (AvgIpc) is 2.81. The van der Waals surface area contributed by atoms with Gasteiger partial charge in [0.1, 0.15) is 6.33 Å². The maximum atomic E-state index is 12.7. The Kier molecular flexibility index (Phi) is 4.92. The molecule has 6 heteroatoms. The van der Waals surface area contributed by atoms with Crippen LogP contribution in [0.5, 0.6) is 0 Å². The van der Waals surface area contributed by atoms with E-state index in [9.17, 15) is 4.79 Å². The number of aromatic nitrogens is 3. The minimum Gasteiger partial charge on any atom is -0.379 e. The zero-order valence-electron chi connectivity index (χ0n) is 13.2. The first-order valence-electron chi connectivity index (χ1n) is 7.76. The number of nitrogens with zero attached hydrogens (tertiary/aromatic N) is 4. The number of pyridine rings is 1. The third-order valence-corrected chi connectivity index (χ3v) is 3.89. The van der Waals surface area contributed by atoms with E-state index < -0.39 is 0 Å². The fourth-order valence-corrected chi connectivity index (χ4v) is 2.78. The van der Waals surface area contributed by atoms with Crippen molar-refractivity contribution in [3.8, 4) is 0 Å². The number of hydrogen-bond donors (Lipinski definition) is 0. The topological polar surface area (TPSA) is 68.2 Å². The molecule has 0 radical (unpaired) electrons. The van der Waals surface area contributed by atoms with E-state index >= 15 is 0 Å². The summed E-state index contributed by atoms with van der Waals surface area (Å²) < 4.78 is 5.67. The molecule has 1 aliphatic heterocycles. The van der Waals surface area contributed by atoms with Crippen LogP contribution in [0.3, 0.4) is 0 Å². The zero-order chi connectivity index (χ0) is 16.1. The number of rotatable bonds is 3. The first-order chi connectivity index (χ1) is 11.2. The highest BCUT2D eigenvalue weighted by Gasteiger charge is 2.24. The third-order valence-electron chi connectivity index (χ3n) is 3.89. The maximum Gasteiger partial charge on any atom is 0.255 e. The van der Waals surface area contributed by atoms with Crippen molar-refractivity contribution in [2.24, 2.45) is 5.92 Å². The first kappa shape index (κ1) is 15.6. The van der Waals surface area contributed by atoms with Crippen molar-refractivity contribution >= 4 is 5.91 Å². The second-order valence-corrected chi connectivity index (χ2v) is 5.85. The molecule has 0 saturated carbocycles. The highest BCUT2D eigenvalue weighted by atomic mass is 16.5. The molecule has 1 amide bonds. The summed E-state index contributed by atoms with van der Waals surface area (Å²) >= 11 is 0. The second kappa shape index (κ2) is 7.28. The van der Waals surface area contributed by atoms with E-state index in [1.165, 1.54) is 0 Å². The van der Waals surface area contributed by atoms with E-state index in [0.717, 1.165) is 17.7 Å². The van der Waals surface area contributed by atoms with E-state index in [2.05, 4.69) is 15.0 Å². The van der Waals surface area contributed by atoms with Crippen LogP contribution in [-0.2, 0) is 11.2 Å². The minimum absolute atomic E-state index is 0.0133. The van der Waals surface area contributed by atoms with Crippen molar-refractivity contribution in [1.82, 2.24) is 19.9 Å². The summed E-state index contributed by atoms with van der Waals surface area (Å²) in [6, 6.07) is 3.78. The molecule has 1 atom stereocenters. The highest BCUT2D eigenvalue weighted by molar-refractivity contribution is 5.94. The molecular weight excluding hydrogens is 292 g/mol. The molecule has 0 aliphatic carbocycles. The predicted octanol–water partition coefficient (Wildman–Crippen LogP) is 1.51. The van der Waals surface area contributed by atoms with Crippen LogP contribution in [0.1, 0.15) is 21.6 Å². The number of hydrogen-bond acceptors (Lipinski definition) is 5. The molecule has 2 aromatic rings. The lowest BCUT2D eigenvalue weighted by molar-refractivity contribution is 0.0736. The van der Waals surface area contributed by atoms with Crippen LogP contribution in [-0.4, -0.2) is 52.1 Å². The Labute approximate surface area is 135 Å². The lowest BCUT2D eigenvalue weighted by atomic mass is 10.0. The summed E-state index contributed by atoms with van der Waals surface area (Å²) in [6.07, 6.45) is 7.44. The first-order valence-corrected chi connectivity index (χ1v) is 7.76. The summed E-state index contributed by atoms with van der Waals surface area (Å²) in [6.45, 7) is 4.40. The molecule has 6 nitrogen and oxygen atoms in total. The molecule has 0 bridgehead atoms. The van der Waals surface area contributed by atoms with Gasteiger partial charge in [-0.2, -0.15) is 0 Å². The smallest absolute Gasteiger partial charge is 0.255 e. The molecule has 2 aromatic heterocycles. The summed E-state index contributed by atoms with van der Waals surface area (Å²) in [5.41, 5.74) is 2.59. The van der Waals surface area contributed by atoms with Gasteiger partial charge in [-0.05, 0) is 31.0 Å². The monoisotopic (exact) mass is 312 g/mol. The molecule has 1 fully saturated rings. The van der Waals surface area contributed by atoms with Crippen LogP contribution in [0.15, 0.2) is 37.1 Å². The number of carbonyl (C=O) groups excluding carboxylic acids is 1. The van der Waals surface area contributed by atoms with Crippen molar-refractivity contribution in [3.63, 3.8) is 0 Å². The molecule has 0 N–H and O–H groups in total. The standard InChI is InChI=1S/C17H20N4O2/c1-13-6-15(9-19-8-13)17(22)21-4-5-23-11-14(10-21)7-16-2-3-18-12-20-16/h2-3,6,8-9,12,14H,4-5,7,10-11H2,1H3. The van der Waals surface area contributed by atoms with Gasteiger partial charge in [0.15, 0.2) is 0 Å². The third kappa shape index (κ3) is 4.10. The molecule has 1 unspecified atom stereocenters. The van der Waals surface area contributed by atoms with E-state index in [1.54, 1.807) is 24.9 Å². The van der Waals surface area contributed by atoms with E-state index in [0.29, 0.717) is 31.9 Å². The Bertz CT molecular complexity index is 663. The molecule has 0 aromatic carbocycles. The zero-order valence-corrected chi connectivity index (χ0v) is 13.2. The Balaban J connectivity index is 1.70. The predicted molar refractivity (Wildman–Crippen MR) is 84.9 cm³/mol. The Morgan fingerprint density at radius 2 is 2.30 bits per heavy atom. The molecule has 0 spiro atoms. The van der Waals surface area contributed by atoms with E-state index in [-0.39, 0.29) is 11.8 Å². The van der Waals surface area contributed by atoms with Crippen molar-refractivity contribution in [3.05, 3.63) is 53.9 Å². The molecular formula is C17H20N4O2. The van der Waals surface area contributed by atoms with Gasteiger partial charge < -0.3 is 9.64 Å². The van der Waals surface area contributed by atoms with Crippen LogP contribution in [0.4, 0.5) is 0 Å². The van der Waals surface area contributed by atoms with Gasteiger partial charge in [-0.3, -0.25) is 9.78 Å². The maximum absolute atomic E-state index is 12.7. The SMILES string of the molecule is Cc1cncc(C(=O)N2CCOCC(Cc3ccncn3)C2)c1. The molecule has 3 heterocycles. The summed E-state index contributed by atoms with van der Waals surface area (Å²) in [5.74, 6) is 0.244. The van der Waals surface area contributed by atoms with Crippen LogP contribution in [0, 0.1) is 12.8 Å². The average molecular weight is 312 g/mol. The fraction of sp³-hybridized carbons (Fsp3) is 0.412. The number of ether oxygens (including phenoxy) is 1. The van der Waals surface area contributed by atoms with Crippen molar-refractivity contribution in [2.75, 3.05) is 26.3 Å².